The number of rotatable bonds is 6. The van der Waals surface area contributed by atoms with Crippen LogP contribution in [-0.2, 0) is 11.3 Å². The predicted octanol–water partition coefficient (Wildman–Crippen LogP) is 3.32. The van der Waals surface area contributed by atoms with E-state index in [-0.39, 0.29) is 5.60 Å². The van der Waals surface area contributed by atoms with Gasteiger partial charge in [0.25, 0.3) is 0 Å². The molecule has 2 saturated heterocycles. The first-order valence-corrected chi connectivity index (χ1v) is 9.64. The Balaban J connectivity index is 1.28. The summed E-state index contributed by atoms with van der Waals surface area (Å²) in [6.07, 6.45) is 8.04. The molecule has 26 heavy (non-hydrogen) atoms. The second-order valence-electron chi connectivity index (χ2n) is 7.30. The molecule has 0 amide bonds. The third-order valence-electron chi connectivity index (χ3n) is 5.77. The van der Waals surface area contributed by atoms with Gasteiger partial charge in [0.15, 0.2) is 0 Å². The molecule has 0 unspecified atom stereocenters. The van der Waals surface area contributed by atoms with Crippen LogP contribution >= 0.6 is 0 Å². The molecular formula is C21H27N3O2. The highest BCUT2D eigenvalue weighted by Gasteiger charge is 2.45. The maximum atomic E-state index is 6.28. The summed E-state index contributed by atoms with van der Waals surface area (Å²) in [7, 11) is 0. The van der Waals surface area contributed by atoms with Crippen molar-refractivity contribution in [2.24, 2.45) is 5.92 Å². The van der Waals surface area contributed by atoms with Crippen LogP contribution in [0.5, 0.6) is 5.88 Å². The van der Waals surface area contributed by atoms with Crippen LogP contribution < -0.4 is 4.74 Å². The zero-order valence-electron chi connectivity index (χ0n) is 15.2. The Hall–Kier alpha value is -1.98. The minimum Gasteiger partial charge on any atom is -0.478 e. The Morgan fingerprint density at radius 1 is 1.08 bits per heavy atom. The molecule has 0 N–H and O–H groups in total. The molecule has 5 nitrogen and oxygen atoms in total. The van der Waals surface area contributed by atoms with E-state index in [1.807, 2.05) is 30.5 Å². The van der Waals surface area contributed by atoms with Gasteiger partial charge in [0.1, 0.15) is 0 Å². The van der Waals surface area contributed by atoms with Crippen molar-refractivity contribution in [2.75, 3.05) is 26.3 Å². The molecule has 4 rings (SSSR count). The van der Waals surface area contributed by atoms with Crippen LogP contribution in [0.1, 0.15) is 31.4 Å². The number of likely N-dealkylation sites (tertiary alicyclic amines) is 1. The minimum absolute atomic E-state index is 0.0497. The largest absolute Gasteiger partial charge is 0.478 e. The van der Waals surface area contributed by atoms with Gasteiger partial charge in [0, 0.05) is 44.7 Å². The Bertz CT molecular complexity index is 672. The molecule has 5 heteroatoms. The van der Waals surface area contributed by atoms with Gasteiger partial charge in [0.2, 0.25) is 5.88 Å². The molecule has 0 bridgehead atoms. The Labute approximate surface area is 155 Å². The summed E-state index contributed by atoms with van der Waals surface area (Å²) in [6.45, 7) is 4.69. The van der Waals surface area contributed by atoms with Gasteiger partial charge in [-0.05, 0) is 49.8 Å². The lowest BCUT2D eigenvalue weighted by molar-refractivity contribution is -0.0710. The van der Waals surface area contributed by atoms with Crippen LogP contribution in [0.2, 0.25) is 0 Å². The highest BCUT2D eigenvalue weighted by atomic mass is 16.5. The molecule has 2 aromatic rings. The fourth-order valence-electron chi connectivity index (χ4n) is 4.29. The average Bonchev–Trinajstić information content (AvgIpc) is 3.08. The average molecular weight is 353 g/mol. The van der Waals surface area contributed by atoms with Gasteiger partial charge in [-0.15, -0.1) is 0 Å². The molecule has 0 aromatic carbocycles. The Morgan fingerprint density at radius 3 is 2.62 bits per heavy atom. The predicted molar refractivity (Wildman–Crippen MR) is 99.9 cm³/mol. The zero-order valence-corrected chi connectivity index (χ0v) is 15.2. The molecule has 2 aliphatic rings. The van der Waals surface area contributed by atoms with Crippen molar-refractivity contribution in [2.45, 2.75) is 37.8 Å². The third-order valence-corrected chi connectivity index (χ3v) is 5.77. The summed E-state index contributed by atoms with van der Waals surface area (Å²) in [5.74, 6) is 1.30. The molecule has 2 aliphatic heterocycles. The van der Waals surface area contributed by atoms with Crippen LogP contribution in [0, 0.1) is 5.92 Å². The van der Waals surface area contributed by atoms with Crippen molar-refractivity contribution in [1.82, 2.24) is 14.9 Å². The second-order valence-corrected chi connectivity index (χ2v) is 7.30. The normalized spacial score (nSPS) is 22.5. The van der Waals surface area contributed by atoms with Gasteiger partial charge in [-0.25, -0.2) is 4.98 Å². The lowest BCUT2D eigenvalue weighted by Crippen LogP contribution is -2.47. The highest BCUT2D eigenvalue weighted by molar-refractivity contribution is 5.09. The van der Waals surface area contributed by atoms with Gasteiger partial charge in [-0.3, -0.25) is 9.88 Å². The molecule has 0 radical (unpaired) electrons. The third kappa shape index (κ3) is 4.05. The summed E-state index contributed by atoms with van der Waals surface area (Å²) in [4.78, 5) is 11.2. The maximum Gasteiger partial charge on any atom is 0.213 e. The van der Waals surface area contributed by atoms with Gasteiger partial charge in [-0.2, -0.15) is 0 Å². The molecule has 2 fully saturated rings. The number of aromatic nitrogens is 2. The molecule has 1 atom stereocenters. The molecule has 0 saturated carbocycles. The van der Waals surface area contributed by atoms with Crippen molar-refractivity contribution in [1.29, 1.82) is 0 Å². The standard InChI is InChI=1S/C21H27N3O2/c1-3-11-22-19(5-1)17-24-13-9-21(10-14-24)18(8-16-26-21)7-15-25-20-6-2-4-12-23-20/h1-6,11-12,18H,7-10,13-17H2/t18-/m0/s1. The van der Waals surface area contributed by atoms with Crippen LogP contribution in [0.3, 0.4) is 0 Å². The van der Waals surface area contributed by atoms with E-state index in [9.17, 15) is 0 Å². The quantitative estimate of drug-likeness (QED) is 0.797. The van der Waals surface area contributed by atoms with Crippen LogP contribution in [0.25, 0.3) is 0 Å². The van der Waals surface area contributed by atoms with Gasteiger partial charge < -0.3 is 9.47 Å². The topological polar surface area (TPSA) is 47.5 Å². The SMILES string of the molecule is c1ccc(CN2CCC3(CC2)OCC[C@@H]3CCOc2ccccn2)nc1. The van der Waals surface area contributed by atoms with Crippen LogP contribution in [0.15, 0.2) is 48.8 Å². The fourth-order valence-corrected chi connectivity index (χ4v) is 4.29. The first kappa shape index (κ1) is 17.4. The van der Waals surface area contributed by atoms with Crippen molar-refractivity contribution in [3.63, 3.8) is 0 Å². The van der Waals surface area contributed by atoms with E-state index in [4.69, 9.17) is 9.47 Å². The summed E-state index contributed by atoms with van der Waals surface area (Å²) >= 11 is 0. The summed E-state index contributed by atoms with van der Waals surface area (Å²) in [5.41, 5.74) is 1.20. The first-order chi connectivity index (χ1) is 12.8. The van der Waals surface area contributed by atoms with E-state index in [0.29, 0.717) is 18.4 Å². The van der Waals surface area contributed by atoms with E-state index >= 15 is 0 Å². The first-order valence-electron chi connectivity index (χ1n) is 9.64. The van der Waals surface area contributed by atoms with Crippen molar-refractivity contribution in [3.05, 3.63) is 54.5 Å². The molecule has 1 spiro atoms. The number of nitrogens with zero attached hydrogens (tertiary/aromatic N) is 3. The highest BCUT2D eigenvalue weighted by Crippen LogP contribution is 2.42. The monoisotopic (exact) mass is 353 g/mol. The lowest BCUT2D eigenvalue weighted by Gasteiger charge is -2.42. The molecular weight excluding hydrogens is 326 g/mol. The van der Waals surface area contributed by atoms with Crippen molar-refractivity contribution < 1.29 is 9.47 Å². The minimum atomic E-state index is 0.0497. The number of hydrogen-bond acceptors (Lipinski definition) is 5. The Morgan fingerprint density at radius 2 is 1.88 bits per heavy atom. The molecule has 2 aromatic heterocycles. The lowest BCUT2D eigenvalue weighted by atomic mass is 9.78. The maximum absolute atomic E-state index is 6.28. The van der Waals surface area contributed by atoms with E-state index in [0.717, 1.165) is 57.6 Å². The van der Waals surface area contributed by atoms with E-state index in [1.54, 1.807) is 6.20 Å². The van der Waals surface area contributed by atoms with Gasteiger partial charge in [0.05, 0.1) is 17.9 Å². The van der Waals surface area contributed by atoms with E-state index in [1.165, 1.54) is 0 Å². The number of piperidine rings is 1. The smallest absolute Gasteiger partial charge is 0.213 e. The molecule has 138 valence electrons. The fraction of sp³-hybridized carbons (Fsp3) is 0.524. The second kappa shape index (κ2) is 8.14. The molecule has 4 heterocycles. The van der Waals surface area contributed by atoms with Crippen LogP contribution in [0.4, 0.5) is 0 Å². The van der Waals surface area contributed by atoms with E-state index < -0.39 is 0 Å². The summed E-state index contributed by atoms with van der Waals surface area (Å²) in [6, 6.07) is 11.9. The molecule has 0 aliphatic carbocycles. The van der Waals surface area contributed by atoms with E-state index in [2.05, 4.69) is 27.0 Å². The van der Waals surface area contributed by atoms with Gasteiger partial charge in [-0.1, -0.05) is 12.1 Å². The Kier molecular flexibility index (Phi) is 5.46. The number of pyridine rings is 2. The van der Waals surface area contributed by atoms with Gasteiger partial charge >= 0.3 is 0 Å². The van der Waals surface area contributed by atoms with Crippen molar-refractivity contribution in [3.8, 4) is 5.88 Å². The van der Waals surface area contributed by atoms with Crippen molar-refractivity contribution >= 4 is 0 Å². The number of hydrogen-bond donors (Lipinski definition) is 0. The zero-order chi connectivity index (χ0) is 17.7. The summed E-state index contributed by atoms with van der Waals surface area (Å²) < 4.78 is 12.1. The van der Waals surface area contributed by atoms with Crippen LogP contribution in [-0.4, -0.2) is 46.8 Å². The summed E-state index contributed by atoms with van der Waals surface area (Å²) in [5, 5.41) is 0. The number of ether oxygens (including phenoxy) is 2.